The Hall–Kier alpha value is -4.70. The lowest BCUT2D eigenvalue weighted by atomic mass is 9.86. The smallest absolute Gasteiger partial charge is 0.344 e. The molecule has 3 aromatic carbocycles. The zero-order chi connectivity index (χ0) is 31.8. The topological polar surface area (TPSA) is 120 Å². The Labute approximate surface area is 262 Å². The first-order valence-corrected chi connectivity index (χ1v) is 14.7. The fourth-order valence-electron chi connectivity index (χ4n) is 5.03. The molecule has 1 heterocycles. The molecule has 0 aromatic heterocycles. The zero-order valence-electron chi connectivity index (χ0n) is 25.1. The number of nitrogens with zero attached hydrogens (tertiary/aromatic N) is 3. The molecule has 0 radical (unpaired) electrons. The SMILES string of the molecule is CC1=NC(=O)N(CCCN(C)C(=O)c2ccc(NC(=O)Nc3ccccc3)cc2)C(c2cccc(Cl)c2)C1C(=O)OC(C)C. The number of anilines is 2. The van der Waals surface area contributed by atoms with Gasteiger partial charge in [0.1, 0.15) is 5.92 Å². The summed E-state index contributed by atoms with van der Waals surface area (Å²) in [6.45, 7) is 5.78. The lowest BCUT2D eigenvalue weighted by molar-refractivity contribution is -0.151. The third-order valence-corrected chi connectivity index (χ3v) is 7.31. The average molecular weight is 618 g/mol. The monoisotopic (exact) mass is 617 g/mol. The highest BCUT2D eigenvalue weighted by atomic mass is 35.5. The number of hydrogen-bond donors (Lipinski definition) is 2. The van der Waals surface area contributed by atoms with Gasteiger partial charge in [0.25, 0.3) is 5.91 Å². The standard InChI is InChI=1S/C33H36ClN5O5/c1-21(2)44-31(41)28-22(3)35-33(43)39(29(28)24-10-8-11-25(34)20-24)19-9-18-38(4)30(40)23-14-16-27(17-15-23)37-32(42)36-26-12-6-5-7-13-26/h5-8,10-17,20-21,28-29H,9,18-19H2,1-4H3,(H2,36,37,42). The molecule has 44 heavy (non-hydrogen) atoms. The van der Waals surface area contributed by atoms with Crippen LogP contribution < -0.4 is 10.6 Å². The van der Waals surface area contributed by atoms with Crippen molar-refractivity contribution in [3.8, 4) is 0 Å². The van der Waals surface area contributed by atoms with E-state index in [0.717, 1.165) is 0 Å². The third kappa shape index (κ3) is 8.23. The highest BCUT2D eigenvalue weighted by Crippen LogP contribution is 2.36. The van der Waals surface area contributed by atoms with Crippen LogP contribution in [0, 0.1) is 5.92 Å². The predicted octanol–water partition coefficient (Wildman–Crippen LogP) is 6.65. The highest BCUT2D eigenvalue weighted by Gasteiger charge is 2.43. The lowest BCUT2D eigenvalue weighted by Crippen LogP contribution is -2.48. The van der Waals surface area contributed by atoms with Crippen molar-refractivity contribution >= 4 is 52.6 Å². The van der Waals surface area contributed by atoms with Gasteiger partial charge in [-0.05, 0) is 81.3 Å². The summed E-state index contributed by atoms with van der Waals surface area (Å²) >= 11 is 6.28. The molecule has 1 aliphatic rings. The molecular formula is C33H36ClN5O5. The molecule has 2 unspecified atom stereocenters. The van der Waals surface area contributed by atoms with Crippen LogP contribution in [-0.4, -0.2) is 65.7 Å². The molecule has 11 heteroatoms. The van der Waals surface area contributed by atoms with Crippen molar-refractivity contribution in [1.29, 1.82) is 0 Å². The summed E-state index contributed by atoms with van der Waals surface area (Å²) in [6.07, 6.45) is 0.0996. The first kappa shape index (κ1) is 32.2. The number of hydrogen-bond acceptors (Lipinski definition) is 5. The van der Waals surface area contributed by atoms with Crippen LogP contribution in [0.2, 0.25) is 5.02 Å². The predicted molar refractivity (Wildman–Crippen MR) is 171 cm³/mol. The highest BCUT2D eigenvalue weighted by molar-refractivity contribution is 6.30. The number of rotatable bonds is 10. The molecular weight excluding hydrogens is 582 g/mol. The molecule has 0 spiro atoms. The van der Waals surface area contributed by atoms with E-state index in [-0.39, 0.29) is 18.6 Å². The summed E-state index contributed by atoms with van der Waals surface area (Å²) in [6, 6.07) is 21.2. The molecule has 5 amide bonds. The number of aliphatic imine (C=N–C) groups is 1. The minimum Gasteiger partial charge on any atom is -0.462 e. The number of esters is 1. The van der Waals surface area contributed by atoms with Gasteiger partial charge in [0, 0.05) is 47.8 Å². The number of para-hydroxylation sites is 1. The van der Waals surface area contributed by atoms with Gasteiger partial charge in [-0.25, -0.2) is 14.6 Å². The Kier molecular flexibility index (Phi) is 10.7. The fraction of sp³-hybridized carbons (Fsp3) is 0.303. The number of nitrogens with one attached hydrogen (secondary N) is 2. The number of benzene rings is 3. The van der Waals surface area contributed by atoms with Gasteiger partial charge in [-0.2, -0.15) is 0 Å². The van der Waals surface area contributed by atoms with Gasteiger partial charge < -0.3 is 25.2 Å². The van der Waals surface area contributed by atoms with E-state index >= 15 is 0 Å². The lowest BCUT2D eigenvalue weighted by Gasteiger charge is -2.39. The van der Waals surface area contributed by atoms with E-state index in [0.29, 0.717) is 46.2 Å². The Bertz CT molecular complexity index is 1530. The van der Waals surface area contributed by atoms with Gasteiger partial charge in [-0.3, -0.25) is 9.59 Å². The van der Waals surface area contributed by atoms with E-state index in [1.54, 1.807) is 92.2 Å². The molecule has 0 saturated heterocycles. The van der Waals surface area contributed by atoms with Crippen molar-refractivity contribution in [2.75, 3.05) is 30.8 Å². The number of carbonyl (C=O) groups excluding carboxylic acids is 4. The van der Waals surface area contributed by atoms with Gasteiger partial charge in [0.05, 0.1) is 12.1 Å². The zero-order valence-corrected chi connectivity index (χ0v) is 25.9. The van der Waals surface area contributed by atoms with Crippen molar-refractivity contribution in [1.82, 2.24) is 9.80 Å². The number of amides is 5. The molecule has 3 aromatic rings. The van der Waals surface area contributed by atoms with Crippen LogP contribution in [0.25, 0.3) is 0 Å². The molecule has 0 aliphatic carbocycles. The molecule has 230 valence electrons. The molecule has 4 rings (SSSR count). The van der Waals surface area contributed by atoms with Crippen LogP contribution >= 0.6 is 11.6 Å². The summed E-state index contributed by atoms with van der Waals surface area (Å²) in [4.78, 5) is 59.0. The van der Waals surface area contributed by atoms with Gasteiger partial charge in [0.15, 0.2) is 0 Å². The average Bonchev–Trinajstić information content (AvgIpc) is 2.98. The second kappa shape index (κ2) is 14.7. The van der Waals surface area contributed by atoms with Crippen LogP contribution in [0.5, 0.6) is 0 Å². The number of urea groups is 2. The Morgan fingerprint density at radius 3 is 2.27 bits per heavy atom. The second-order valence-corrected chi connectivity index (χ2v) is 11.2. The van der Waals surface area contributed by atoms with Gasteiger partial charge in [-0.1, -0.05) is 41.9 Å². The molecule has 10 nitrogen and oxygen atoms in total. The maximum atomic E-state index is 13.2. The summed E-state index contributed by atoms with van der Waals surface area (Å²) < 4.78 is 5.53. The van der Waals surface area contributed by atoms with Crippen molar-refractivity contribution in [3.05, 3.63) is 95.0 Å². The largest absolute Gasteiger partial charge is 0.462 e. The minimum atomic E-state index is -0.796. The molecule has 1 aliphatic heterocycles. The van der Waals surface area contributed by atoms with E-state index in [1.807, 2.05) is 24.3 Å². The summed E-state index contributed by atoms with van der Waals surface area (Å²) in [5.41, 5.74) is 2.72. The Morgan fingerprint density at radius 1 is 0.977 bits per heavy atom. The number of halogens is 1. The van der Waals surface area contributed by atoms with Crippen molar-refractivity contribution in [2.24, 2.45) is 10.9 Å². The third-order valence-electron chi connectivity index (χ3n) is 7.08. The summed E-state index contributed by atoms with van der Waals surface area (Å²) in [5.74, 6) is -1.48. The van der Waals surface area contributed by atoms with Crippen LogP contribution in [0.1, 0.15) is 49.2 Å². The number of carbonyl (C=O) groups is 4. The van der Waals surface area contributed by atoms with E-state index in [9.17, 15) is 19.2 Å². The van der Waals surface area contributed by atoms with Crippen LogP contribution in [0.15, 0.2) is 83.9 Å². The van der Waals surface area contributed by atoms with E-state index in [1.165, 1.54) is 0 Å². The molecule has 2 atom stereocenters. The van der Waals surface area contributed by atoms with Crippen LogP contribution in [0.3, 0.4) is 0 Å². The summed E-state index contributed by atoms with van der Waals surface area (Å²) in [7, 11) is 1.68. The van der Waals surface area contributed by atoms with Crippen molar-refractivity contribution in [2.45, 2.75) is 39.3 Å². The van der Waals surface area contributed by atoms with E-state index in [2.05, 4.69) is 15.6 Å². The molecule has 2 N–H and O–H groups in total. The van der Waals surface area contributed by atoms with Crippen molar-refractivity contribution < 1.29 is 23.9 Å². The van der Waals surface area contributed by atoms with Crippen LogP contribution in [-0.2, 0) is 9.53 Å². The fourth-order valence-corrected chi connectivity index (χ4v) is 5.22. The first-order chi connectivity index (χ1) is 21.0. The maximum Gasteiger partial charge on any atom is 0.344 e. The molecule has 0 bridgehead atoms. The van der Waals surface area contributed by atoms with E-state index in [4.69, 9.17) is 16.3 Å². The maximum absolute atomic E-state index is 13.2. The first-order valence-electron chi connectivity index (χ1n) is 14.3. The molecule has 0 saturated carbocycles. The Balaban J connectivity index is 1.40. The van der Waals surface area contributed by atoms with E-state index < -0.39 is 30.0 Å². The second-order valence-electron chi connectivity index (χ2n) is 10.8. The van der Waals surface area contributed by atoms with Gasteiger partial charge in [-0.15, -0.1) is 0 Å². The van der Waals surface area contributed by atoms with Crippen molar-refractivity contribution in [3.63, 3.8) is 0 Å². The normalized spacial score (nSPS) is 16.3. The quantitative estimate of drug-likeness (QED) is 0.247. The van der Waals surface area contributed by atoms with Crippen LogP contribution in [0.4, 0.5) is 21.0 Å². The van der Waals surface area contributed by atoms with Gasteiger partial charge in [0.2, 0.25) is 0 Å². The number of ether oxygens (including phenoxy) is 1. The summed E-state index contributed by atoms with van der Waals surface area (Å²) in [5, 5.41) is 5.96. The van der Waals surface area contributed by atoms with Gasteiger partial charge >= 0.3 is 18.0 Å². The molecule has 0 fully saturated rings. The minimum absolute atomic E-state index is 0.214. The Morgan fingerprint density at radius 2 is 1.64 bits per heavy atom.